The van der Waals surface area contributed by atoms with E-state index >= 15 is 0 Å². The molecular formula is C16H25ClN2O2. The van der Waals surface area contributed by atoms with Crippen LogP contribution in [-0.2, 0) is 11.2 Å². The Morgan fingerprint density at radius 2 is 2.19 bits per heavy atom. The number of carbonyl (C=O) groups is 1. The van der Waals surface area contributed by atoms with Crippen molar-refractivity contribution in [3.63, 3.8) is 0 Å². The number of nitrogens with zero attached hydrogens (tertiary/aromatic N) is 1. The number of rotatable bonds is 5. The molecule has 0 aliphatic carbocycles. The lowest BCUT2D eigenvalue weighted by molar-refractivity contribution is -0.133. The Morgan fingerprint density at radius 1 is 1.43 bits per heavy atom. The number of ether oxygens (including phenoxy) is 1. The second-order valence-electron chi connectivity index (χ2n) is 5.18. The van der Waals surface area contributed by atoms with Crippen LogP contribution in [0.3, 0.4) is 0 Å². The molecule has 2 rings (SSSR count). The highest BCUT2D eigenvalue weighted by molar-refractivity contribution is 5.85. The van der Waals surface area contributed by atoms with Crippen molar-refractivity contribution in [2.75, 3.05) is 26.2 Å². The number of piperazine rings is 1. The number of carbonyl (C=O) groups excluding carboxylic acids is 1. The second-order valence-corrected chi connectivity index (χ2v) is 5.18. The summed E-state index contributed by atoms with van der Waals surface area (Å²) in [6.07, 6.45) is 1.29. The van der Waals surface area contributed by atoms with Gasteiger partial charge in [-0.1, -0.05) is 18.2 Å². The molecule has 1 saturated heterocycles. The molecule has 0 aromatic heterocycles. The van der Waals surface area contributed by atoms with Crippen molar-refractivity contribution in [1.29, 1.82) is 0 Å². The van der Waals surface area contributed by atoms with Gasteiger partial charge >= 0.3 is 0 Å². The highest BCUT2D eigenvalue weighted by Gasteiger charge is 2.22. The summed E-state index contributed by atoms with van der Waals surface area (Å²) in [5.41, 5.74) is 1.12. The summed E-state index contributed by atoms with van der Waals surface area (Å²) in [7, 11) is 0. The highest BCUT2D eigenvalue weighted by Crippen LogP contribution is 2.20. The first-order valence-corrected chi connectivity index (χ1v) is 7.43. The fraction of sp³-hybridized carbons (Fsp3) is 0.562. The summed E-state index contributed by atoms with van der Waals surface area (Å²) in [5, 5.41) is 3.31. The molecule has 118 valence electrons. The van der Waals surface area contributed by atoms with Gasteiger partial charge in [0, 0.05) is 32.1 Å². The molecule has 0 radical (unpaired) electrons. The van der Waals surface area contributed by atoms with Crippen molar-refractivity contribution >= 4 is 18.3 Å². The molecule has 1 aromatic carbocycles. The minimum atomic E-state index is 0. The number of hydrogen-bond acceptors (Lipinski definition) is 3. The van der Waals surface area contributed by atoms with Crippen LogP contribution in [0.15, 0.2) is 24.3 Å². The first-order valence-electron chi connectivity index (χ1n) is 7.43. The summed E-state index contributed by atoms with van der Waals surface area (Å²) in [6, 6.07) is 8.26. The van der Waals surface area contributed by atoms with E-state index in [1.807, 2.05) is 36.1 Å². The average molecular weight is 313 g/mol. The predicted octanol–water partition coefficient (Wildman–Crippen LogP) is 2.26. The summed E-state index contributed by atoms with van der Waals surface area (Å²) in [6.45, 7) is 7.32. The van der Waals surface area contributed by atoms with Gasteiger partial charge < -0.3 is 15.0 Å². The Balaban J connectivity index is 0.00000220. The van der Waals surface area contributed by atoms with Crippen LogP contribution in [0, 0.1) is 0 Å². The number of amides is 1. The Morgan fingerprint density at radius 3 is 2.90 bits per heavy atom. The molecule has 1 aliphatic heterocycles. The van der Waals surface area contributed by atoms with Gasteiger partial charge in [0.25, 0.3) is 0 Å². The lowest BCUT2D eigenvalue weighted by atomic mass is 10.1. The van der Waals surface area contributed by atoms with Crippen molar-refractivity contribution in [2.45, 2.75) is 32.7 Å². The minimum absolute atomic E-state index is 0. The molecule has 5 heteroatoms. The zero-order chi connectivity index (χ0) is 14.4. The number of hydrogen-bond donors (Lipinski definition) is 1. The standard InChI is InChI=1S/C16H24N2O2.ClH/c1-3-20-15-7-5-4-6-14(15)8-9-16(19)18-11-10-17-12-13(18)2;/h4-7,13,17H,3,8-12H2,1-2H3;1H/t13-;/m1./s1. The molecule has 1 heterocycles. The Kier molecular flexibility index (Phi) is 7.54. The van der Waals surface area contributed by atoms with Crippen molar-refractivity contribution in [2.24, 2.45) is 0 Å². The van der Waals surface area contributed by atoms with Gasteiger partial charge in [-0.05, 0) is 31.9 Å². The molecule has 1 N–H and O–H groups in total. The third kappa shape index (κ3) is 4.90. The van der Waals surface area contributed by atoms with Crippen molar-refractivity contribution < 1.29 is 9.53 Å². The summed E-state index contributed by atoms with van der Waals surface area (Å²) in [5.74, 6) is 1.14. The van der Waals surface area contributed by atoms with Crippen LogP contribution in [0.1, 0.15) is 25.8 Å². The fourth-order valence-electron chi connectivity index (χ4n) is 2.60. The van der Waals surface area contributed by atoms with Gasteiger partial charge in [-0.3, -0.25) is 4.79 Å². The summed E-state index contributed by atoms with van der Waals surface area (Å²) in [4.78, 5) is 14.3. The van der Waals surface area contributed by atoms with Crippen molar-refractivity contribution in [3.05, 3.63) is 29.8 Å². The van der Waals surface area contributed by atoms with Gasteiger partial charge in [0.2, 0.25) is 5.91 Å². The van der Waals surface area contributed by atoms with Crippen LogP contribution in [0.2, 0.25) is 0 Å². The minimum Gasteiger partial charge on any atom is -0.494 e. The van der Waals surface area contributed by atoms with Crippen LogP contribution in [0.25, 0.3) is 0 Å². The van der Waals surface area contributed by atoms with Crippen molar-refractivity contribution in [3.8, 4) is 5.75 Å². The first kappa shape index (κ1) is 17.8. The van der Waals surface area contributed by atoms with Crippen LogP contribution in [-0.4, -0.2) is 43.1 Å². The molecule has 0 spiro atoms. The molecule has 1 atom stereocenters. The lowest BCUT2D eigenvalue weighted by Crippen LogP contribution is -2.52. The Labute approximate surface area is 133 Å². The molecule has 4 nitrogen and oxygen atoms in total. The fourth-order valence-corrected chi connectivity index (χ4v) is 2.60. The van der Waals surface area contributed by atoms with E-state index in [-0.39, 0.29) is 18.3 Å². The molecule has 1 aliphatic rings. The lowest BCUT2D eigenvalue weighted by Gasteiger charge is -2.34. The van der Waals surface area contributed by atoms with E-state index in [9.17, 15) is 4.79 Å². The largest absolute Gasteiger partial charge is 0.494 e. The van der Waals surface area contributed by atoms with E-state index in [1.165, 1.54) is 0 Å². The van der Waals surface area contributed by atoms with E-state index in [1.54, 1.807) is 0 Å². The number of halogens is 1. The molecule has 0 unspecified atom stereocenters. The van der Waals surface area contributed by atoms with E-state index in [2.05, 4.69) is 12.2 Å². The SMILES string of the molecule is CCOc1ccccc1CCC(=O)N1CCNC[C@H]1C.Cl. The van der Waals surface area contributed by atoms with Gasteiger partial charge in [0.05, 0.1) is 6.61 Å². The molecule has 1 amide bonds. The normalized spacial score (nSPS) is 18.0. The molecule has 0 bridgehead atoms. The summed E-state index contributed by atoms with van der Waals surface area (Å²) >= 11 is 0. The monoisotopic (exact) mass is 312 g/mol. The number of benzene rings is 1. The van der Waals surface area contributed by atoms with Gasteiger partial charge in [-0.25, -0.2) is 0 Å². The van der Waals surface area contributed by atoms with E-state index in [0.29, 0.717) is 19.1 Å². The third-order valence-corrected chi connectivity index (χ3v) is 3.70. The Hall–Kier alpha value is -1.26. The van der Waals surface area contributed by atoms with Crippen LogP contribution >= 0.6 is 12.4 Å². The second kappa shape index (κ2) is 8.90. The number of nitrogens with one attached hydrogen (secondary N) is 1. The quantitative estimate of drug-likeness (QED) is 0.907. The third-order valence-electron chi connectivity index (χ3n) is 3.70. The zero-order valence-electron chi connectivity index (χ0n) is 12.8. The topological polar surface area (TPSA) is 41.6 Å². The summed E-state index contributed by atoms with van der Waals surface area (Å²) < 4.78 is 5.60. The van der Waals surface area contributed by atoms with Gasteiger partial charge in [-0.15, -0.1) is 12.4 Å². The van der Waals surface area contributed by atoms with Crippen molar-refractivity contribution in [1.82, 2.24) is 10.2 Å². The molecule has 21 heavy (non-hydrogen) atoms. The molecule has 0 saturated carbocycles. The van der Waals surface area contributed by atoms with E-state index < -0.39 is 0 Å². The van der Waals surface area contributed by atoms with Gasteiger partial charge in [0.15, 0.2) is 0 Å². The molecular weight excluding hydrogens is 288 g/mol. The number of para-hydroxylation sites is 1. The van der Waals surface area contributed by atoms with E-state index in [0.717, 1.165) is 37.4 Å². The van der Waals surface area contributed by atoms with Gasteiger partial charge in [0.1, 0.15) is 5.75 Å². The van der Waals surface area contributed by atoms with Crippen LogP contribution in [0.5, 0.6) is 5.75 Å². The maximum absolute atomic E-state index is 12.3. The molecule has 1 aromatic rings. The highest BCUT2D eigenvalue weighted by atomic mass is 35.5. The smallest absolute Gasteiger partial charge is 0.223 e. The van der Waals surface area contributed by atoms with Gasteiger partial charge in [-0.2, -0.15) is 0 Å². The predicted molar refractivity (Wildman–Crippen MR) is 87.2 cm³/mol. The molecule has 1 fully saturated rings. The zero-order valence-corrected chi connectivity index (χ0v) is 13.6. The number of aryl methyl sites for hydroxylation is 1. The van der Waals surface area contributed by atoms with Crippen LogP contribution in [0.4, 0.5) is 0 Å². The average Bonchev–Trinajstić information content (AvgIpc) is 2.47. The van der Waals surface area contributed by atoms with E-state index in [4.69, 9.17) is 4.74 Å². The maximum Gasteiger partial charge on any atom is 0.223 e. The van der Waals surface area contributed by atoms with Crippen LogP contribution < -0.4 is 10.1 Å². The first-order chi connectivity index (χ1) is 9.72. The Bertz CT molecular complexity index is 454. The maximum atomic E-state index is 12.3.